The van der Waals surface area contributed by atoms with E-state index in [0.29, 0.717) is 25.3 Å². The highest BCUT2D eigenvalue weighted by Crippen LogP contribution is 2.19. The molecule has 7 heteroatoms. The van der Waals surface area contributed by atoms with E-state index in [1.54, 1.807) is 17.2 Å². The van der Waals surface area contributed by atoms with Crippen LogP contribution in [0.1, 0.15) is 21.7 Å². The second-order valence-electron chi connectivity index (χ2n) is 6.08. The third-order valence-electron chi connectivity index (χ3n) is 4.28. The van der Waals surface area contributed by atoms with Crippen LogP contribution in [-0.4, -0.2) is 59.0 Å². The van der Waals surface area contributed by atoms with Gasteiger partial charge in [-0.2, -0.15) is 0 Å². The van der Waals surface area contributed by atoms with E-state index in [4.69, 9.17) is 4.74 Å². The standard InChI is InChI=1S/C18H21FN4O2/c1-13-10-21-16(11-20-13)18(24)23-7-5-22(6-8-23)12-14-3-4-17(25-2)15(19)9-14/h3-4,9-11H,5-8,12H2,1-2H3. The summed E-state index contributed by atoms with van der Waals surface area (Å²) in [5.74, 6) is -0.201. The van der Waals surface area contributed by atoms with Gasteiger partial charge in [0.1, 0.15) is 5.69 Å². The Bertz CT molecular complexity index is 743. The Kier molecular flexibility index (Phi) is 5.23. The Hall–Kier alpha value is -2.54. The van der Waals surface area contributed by atoms with E-state index >= 15 is 0 Å². The molecule has 0 unspecified atom stereocenters. The SMILES string of the molecule is COc1ccc(CN2CCN(C(=O)c3cnc(C)cn3)CC2)cc1F. The van der Waals surface area contributed by atoms with Crippen LogP contribution in [0.25, 0.3) is 0 Å². The van der Waals surface area contributed by atoms with E-state index < -0.39 is 0 Å². The molecule has 0 bridgehead atoms. The molecule has 0 N–H and O–H groups in total. The first-order valence-electron chi connectivity index (χ1n) is 8.19. The summed E-state index contributed by atoms with van der Waals surface area (Å²) in [6.07, 6.45) is 3.12. The van der Waals surface area contributed by atoms with Crippen molar-refractivity contribution in [1.82, 2.24) is 19.8 Å². The molecule has 0 spiro atoms. The van der Waals surface area contributed by atoms with Gasteiger partial charge in [-0.1, -0.05) is 6.07 Å². The lowest BCUT2D eigenvalue weighted by atomic mass is 10.1. The summed E-state index contributed by atoms with van der Waals surface area (Å²) >= 11 is 0. The maximum Gasteiger partial charge on any atom is 0.274 e. The smallest absolute Gasteiger partial charge is 0.274 e. The summed E-state index contributed by atoms with van der Waals surface area (Å²) in [5, 5.41) is 0. The monoisotopic (exact) mass is 344 g/mol. The number of carbonyl (C=O) groups is 1. The molecule has 0 aliphatic carbocycles. The molecule has 1 saturated heterocycles. The number of halogens is 1. The van der Waals surface area contributed by atoms with Gasteiger partial charge in [-0.15, -0.1) is 0 Å². The highest BCUT2D eigenvalue weighted by atomic mass is 19.1. The molecule has 1 fully saturated rings. The van der Waals surface area contributed by atoms with Gasteiger partial charge < -0.3 is 9.64 Å². The van der Waals surface area contributed by atoms with E-state index in [0.717, 1.165) is 24.3 Å². The summed E-state index contributed by atoms with van der Waals surface area (Å²) < 4.78 is 18.7. The van der Waals surface area contributed by atoms with Crippen LogP contribution in [0.3, 0.4) is 0 Å². The van der Waals surface area contributed by atoms with Crippen LogP contribution in [0.15, 0.2) is 30.6 Å². The fourth-order valence-electron chi connectivity index (χ4n) is 2.84. The van der Waals surface area contributed by atoms with Crippen LogP contribution in [0.5, 0.6) is 5.75 Å². The fourth-order valence-corrected chi connectivity index (χ4v) is 2.84. The molecule has 132 valence electrons. The molecular formula is C18H21FN4O2. The van der Waals surface area contributed by atoms with Crippen molar-refractivity contribution in [2.45, 2.75) is 13.5 Å². The van der Waals surface area contributed by atoms with Crippen molar-refractivity contribution < 1.29 is 13.9 Å². The number of aromatic nitrogens is 2. The molecule has 1 amide bonds. The van der Waals surface area contributed by atoms with Gasteiger partial charge in [0, 0.05) is 38.9 Å². The second kappa shape index (κ2) is 7.57. The number of rotatable bonds is 4. The molecule has 6 nitrogen and oxygen atoms in total. The van der Waals surface area contributed by atoms with Gasteiger partial charge in [0.15, 0.2) is 11.6 Å². The molecule has 2 heterocycles. The fraction of sp³-hybridized carbons (Fsp3) is 0.389. The molecule has 3 rings (SSSR count). The van der Waals surface area contributed by atoms with Gasteiger partial charge in [-0.25, -0.2) is 9.37 Å². The van der Waals surface area contributed by atoms with Crippen molar-refractivity contribution in [1.29, 1.82) is 0 Å². The van der Waals surface area contributed by atoms with Gasteiger partial charge >= 0.3 is 0 Å². The number of carbonyl (C=O) groups excluding carboxylic acids is 1. The first kappa shape index (κ1) is 17.3. The predicted molar refractivity (Wildman–Crippen MR) is 90.9 cm³/mol. The van der Waals surface area contributed by atoms with Crippen LogP contribution < -0.4 is 4.74 Å². The van der Waals surface area contributed by atoms with Crippen molar-refractivity contribution in [3.05, 3.63) is 53.4 Å². The minimum atomic E-state index is -0.355. The quantitative estimate of drug-likeness (QED) is 0.848. The van der Waals surface area contributed by atoms with E-state index in [2.05, 4.69) is 14.9 Å². The van der Waals surface area contributed by atoms with Crippen LogP contribution >= 0.6 is 0 Å². The summed E-state index contributed by atoms with van der Waals surface area (Å²) in [4.78, 5) is 24.7. The van der Waals surface area contributed by atoms with E-state index in [9.17, 15) is 9.18 Å². The molecule has 2 aromatic rings. The topological polar surface area (TPSA) is 58.6 Å². The summed E-state index contributed by atoms with van der Waals surface area (Å²) in [7, 11) is 1.45. The van der Waals surface area contributed by atoms with Gasteiger partial charge in [-0.05, 0) is 24.6 Å². The van der Waals surface area contributed by atoms with Crippen molar-refractivity contribution >= 4 is 5.91 Å². The minimum Gasteiger partial charge on any atom is -0.494 e. The number of hydrogen-bond donors (Lipinski definition) is 0. The molecule has 1 aromatic carbocycles. The Balaban J connectivity index is 1.55. The highest BCUT2D eigenvalue weighted by molar-refractivity contribution is 5.92. The number of nitrogens with zero attached hydrogens (tertiary/aromatic N) is 4. The molecule has 1 aliphatic rings. The zero-order chi connectivity index (χ0) is 17.8. The lowest BCUT2D eigenvalue weighted by Gasteiger charge is -2.34. The molecule has 0 atom stereocenters. The first-order chi connectivity index (χ1) is 12.1. The Morgan fingerprint density at radius 1 is 1.20 bits per heavy atom. The average Bonchev–Trinajstić information content (AvgIpc) is 2.63. The van der Waals surface area contributed by atoms with Gasteiger partial charge in [0.05, 0.1) is 19.0 Å². The van der Waals surface area contributed by atoms with Crippen molar-refractivity contribution in [3.8, 4) is 5.75 Å². The van der Waals surface area contributed by atoms with Gasteiger partial charge in [0.2, 0.25) is 0 Å². The molecular weight excluding hydrogens is 323 g/mol. The number of ether oxygens (including phenoxy) is 1. The Labute approximate surface area is 146 Å². The lowest BCUT2D eigenvalue weighted by molar-refractivity contribution is 0.0622. The maximum atomic E-state index is 13.8. The van der Waals surface area contributed by atoms with Gasteiger partial charge in [-0.3, -0.25) is 14.7 Å². The van der Waals surface area contributed by atoms with Gasteiger partial charge in [0.25, 0.3) is 5.91 Å². The normalized spacial score (nSPS) is 15.2. The third kappa shape index (κ3) is 4.11. The number of methoxy groups -OCH3 is 1. The molecule has 1 aliphatic heterocycles. The number of hydrogen-bond acceptors (Lipinski definition) is 5. The van der Waals surface area contributed by atoms with E-state index in [-0.39, 0.29) is 17.5 Å². The second-order valence-corrected chi connectivity index (χ2v) is 6.08. The van der Waals surface area contributed by atoms with E-state index in [1.165, 1.54) is 19.4 Å². The average molecular weight is 344 g/mol. The number of amides is 1. The Morgan fingerprint density at radius 3 is 2.56 bits per heavy atom. The maximum absolute atomic E-state index is 13.8. The lowest BCUT2D eigenvalue weighted by Crippen LogP contribution is -2.48. The molecule has 0 radical (unpaired) electrons. The molecule has 1 aromatic heterocycles. The zero-order valence-corrected chi connectivity index (χ0v) is 14.4. The van der Waals surface area contributed by atoms with Crippen molar-refractivity contribution in [2.75, 3.05) is 33.3 Å². The van der Waals surface area contributed by atoms with Crippen LogP contribution in [0.2, 0.25) is 0 Å². The van der Waals surface area contributed by atoms with Crippen LogP contribution in [0, 0.1) is 12.7 Å². The van der Waals surface area contributed by atoms with Crippen LogP contribution in [-0.2, 0) is 6.54 Å². The predicted octanol–water partition coefficient (Wildman–Crippen LogP) is 1.89. The largest absolute Gasteiger partial charge is 0.494 e. The Morgan fingerprint density at radius 2 is 1.96 bits per heavy atom. The first-order valence-corrected chi connectivity index (χ1v) is 8.19. The van der Waals surface area contributed by atoms with Crippen LogP contribution in [0.4, 0.5) is 4.39 Å². The summed E-state index contributed by atoms with van der Waals surface area (Å²) in [6, 6.07) is 5.00. The third-order valence-corrected chi connectivity index (χ3v) is 4.28. The van der Waals surface area contributed by atoms with E-state index in [1.807, 2.05) is 13.0 Å². The highest BCUT2D eigenvalue weighted by Gasteiger charge is 2.23. The van der Waals surface area contributed by atoms with Crippen molar-refractivity contribution in [3.63, 3.8) is 0 Å². The number of benzene rings is 1. The summed E-state index contributed by atoms with van der Waals surface area (Å²) in [6.45, 7) is 5.19. The minimum absolute atomic E-state index is 0.0948. The number of piperazine rings is 1. The van der Waals surface area contributed by atoms with Crippen molar-refractivity contribution in [2.24, 2.45) is 0 Å². The zero-order valence-electron chi connectivity index (χ0n) is 14.4. The number of aryl methyl sites for hydroxylation is 1. The molecule has 0 saturated carbocycles. The summed E-state index contributed by atoms with van der Waals surface area (Å²) in [5.41, 5.74) is 2.05. The molecule has 25 heavy (non-hydrogen) atoms.